The van der Waals surface area contributed by atoms with E-state index in [1.54, 1.807) is 22.5 Å². The molecule has 180 valence electrons. The van der Waals surface area contributed by atoms with E-state index in [0.717, 1.165) is 29.7 Å². The molecule has 0 saturated carbocycles. The summed E-state index contributed by atoms with van der Waals surface area (Å²) in [5.74, 6) is -1.55. The van der Waals surface area contributed by atoms with Gasteiger partial charge in [0.05, 0.1) is 16.0 Å². The topological polar surface area (TPSA) is 104 Å². The van der Waals surface area contributed by atoms with Gasteiger partial charge in [0.2, 0.25) is 15.9 Å². The molecule has 0 bridgehead atoms. The van der Waals surface area contributed by atoms with E-state index in [1.807, 2.05) is 20.8 Å². The summed E-state index contributed by atoms with van der Waals surface area (Å²) in [5, 5.41) is 2.68. The average molecular weight is 484 g/mol. The number of hydrogen-bond acceptors (Lipinski definition) is 5. The number of sulfonamides is 1. The van der Waals surface area contributed by atoms with Gasteiger partial charge in [0.25, 0.3) is 11.8 Å². The number of amides is 3. The summed E-state index contributed by atoms with van der Waals surface area (Å²) in [7, 11) is -3.66. The van der Waals surface area contributed by atoms with Crippen LogP contribution in [-0.2, 0) is 14.8 Å². The van der Waals surface area contributed by atoms with Crippen LogP contribution in [0.2, 0.25) is 0 Å². The highest BCUT2D eigenvalue weighted by Gasteiger charge is 2.41. The number of nitrogens with one attached hydrogen (secondary N) is 1. The van der Waals surface area contributed by atoms with Crippen LogP contribution in [0.4, 0.5) is 5.69 Å². The first-order chi connectivity index (χ1) is 16.0. The van der Waals surface area contributed by atoms with Crippen LogP contribution in [0.1, 0.15) is 66.3 Å². The third-order valence-corrected chi connectivity index (χ3v) is 8.79. The van der Waals surface area contributed by atoms with E-state index in [0.29, 0.717) is 11.3 Å². The Labute approximate surface area is 200 Å². The monoisotopic (exact) mass is 483 g/mol. The van der Waals surface area contributed by atoms with Crippen molar-refractivity contribution in [3.8, 4) is 0 Å². The molecular weight excluding hydrogens is 454 g/mol. The summed E-state index contributed by atoms with van der Waals surface area (Å²) in [4.78, 5) is 39.5. The van der Waals surface area contributed by atoms with Gasteiger partial charge in [-0.1, -0.05) is 18.1 Å². The number of rotatable bonds is 5. The zero-order valence-corrected chi connectivity index (χ0v) is 20.6. The lowest BCUT2D eigenvalue weighted by Gasteiger charge is -2.37. The predicted octanol–water partition coefficient (Wildman–Crippen LogP) is 3.57. The van der Waals surface area contributed by atoms with Crippen LogP contribution in [0.25, 0.3) is 0 Å². The number of nitrogens with zero attached hydrogens (tertiary/aromatic N) is 2. The number of benzene rings is 2. The van der Waals surface area contributed by atoms with Crippen LogP contribution in [0, 0.1) is 6.92 Å². The second kappa shape index (κ2) is 8.96. The van der Waals surface area contributed by atoms with E-state index in [2.05, 4.69) is 5.32 Å². The summed E-state index contributed by atoms with van der Waals surface area (Å²) in [6, 6.07) is 9.77. The second-order valence-corrected chi connectivity index (χ2v) is 11.0. The lowest BCUT2D eigenvalue weighted by molar-refractivity contribution is -0.119. The largest absolute Gasteiger partial charge is 0.324 e. The Hall–Kier alpha value is -3.04. The smallest absolute Gasteiger partial charge is 0.262 e. The predicted molar refractivity (Wildman–Crippen MR) is 128 cm³/mol. The number of anilines is 1. The van der Waals surface area contributed by atoms with Crippen LogP contribution in [0.5, 0.6) is 0 Å². The van der Waals surface area contributed by atoms with Gasteiger partial charge in [-0.05, 0) is 76.9 Å². The maximum absolute atomic E-state index is 13.2. The molecule has 2 heterocycles. The van der Waals surface area contributed by atoms with Crippen LogP contribution < -0.4 is 5.32 Å². The number of hydrogen-bond donors (Lipinski definition) is 1. The Bertz CT molecular complexity index is 1250. The molecule has 1 fully saturated rings. The third kappa shape index (κ3) is 4.14. The minimum absolute atomic E-state index is 0.0718. The molecule has 2 aromatic carbocycles. The normalized spacial score (nSPS) is 21.9. The van der Waals surface area contributed by atoms with Crippen molar-refractivity contribution in [2.75, 3.05) is 5.32 Å². The van der Waals surface area contributed by atoms with E-state index in [-0.39, 0.29) is 22.5 Å². The average Bonchev–Trinajstić information content (AvgIpc) is 3.02. The van der Waals surface area contributed by atoms with Crippen LogP contribution in [0.3, 0.4) is 0 Å². The number of piperidine rings is 1. The first-order valence-electron chi connectivity index (χ1n) is 11.5. The molecule has 0 radical (unpaired) electrons. The van der Waals surface area contributed by atoms with E-state index in [1.165, 1.54) is 31.2 Å². The first kappa shape index (κ1) is 24.1. The zero-order valence-electron chi connectivity index (χ0n) is 19.7. The Kier molecular flexibility index (Phi) is 6.35. The number of imide groups is 1. The van der Waals surface area contributed by atoms with Crippen LogP contribution in [0.15, 0.2) is 47.4 Å². The van der Waals surface area contributed by atoms with E-state index >= 15 is 0 Å². The van der Waals surface area contributed by atoms with Gasteiger partial charge in [0, 0.05) is 17.8 Å². The SMILES string of the molecule is Cc1ccc2c(c1)C(=O)N([C@H](C)C(=O)Nc1ccc(S(=O)(=O)N3[C@H](C)CCC[C@H]3C)cc1)C2=O. The summed E-state index contributed by atoms with van der Waals surface area (Å²) in [6.45, 7) is 7.16. The molecule has 0 spiro atoms. The Morgan fingerprint density at radius 2 is 1.56 bits per heavy atom. The van der Waals surface area contributed by atoms with E-state index in [9.17, 15) is 22.8 Å². The molecule has 2 aliphatic rings. The molecule has 8 nitrogen and oxygen atoms in total. The Balaban J connectivity index is 1.48. The quantitative estimate of drug-likeness (QED) is 0.655. The summed E-state index contributed by atoms with van der Waals surface area (Å²) in [5.41, 5.74) is 1.80. The highest BCUT2D eigenvalue weighted by molar-refractivity contribution is 7.89. The molecule has 1 N–H and O–H groups in total. The minimum atomic E-state index is -3.66. The van der Waals surface area contributed by atoms with Crippen molar-refractivity contribution in [3.05, 3.63) is 59.2 Å². The maximum atomic E-state index is 13.2. The van der Waals surface area contributed by atoms with E-state index in [4.69, 9.17) is 0 Å². The standard InChI is InChI=1S/C25H29N3O5S/c1-15-8-13-21-22(14-15)25(31)27(24(21)30)18(4)23(29)26-19-9-11-20(12-10-19)34(32,33)28-16(2)6-5-7-17(28)3/h8-14,16-18H,5-7H2,1-4H3,(H,26,29)/t16-,17-,18-/m1/s1. The van der Waals surface area contributed by atoms with Crippen molar-refractivity contribution in [2.24, 2.45) is 0 Å². The molecule has 2 aromatic rings. The van der Waals surface area contributed by atoms with Gasteiger partial charge in [-0.3, -0.25) is 19.3 Å². The van der Waals surface area contributed by atoms with Gasteiger partial charge in [0.15, 0.2) is 0 Å². The molecule has 3 amide bonds. The highest BCUT2D eigenvalue weighted by atomic mass is 32.2. The molecule has 9 heteroatoms. The minimum Gasteiger partial charge on any atom is -0.324 e. The van der Waals surface area contributed by atoms with Crippen molar-refractivity contribution in [1.29, 1.82) is 0 Å². The van der Waals surface area contributed by atoms with Crippen molar-refractivity contribution in [2.45, 2.75) is 70.0 Å². The Morgan fingerprint density at radius 3 is 2.18 bits per heavy atom. The molecule has 0 aromatic heterocycles. The number of carbonyl (C=O) groups is 3. The Morgan fingerprint density at radius 1 is 0.971 bits per heavy atom. The van der Waals surface area contributed by atoms with Crippen molar-refractivity contribution in [3.63, 3.8) is 0 Å². The van der Waals surface area contributed by atoms with Gasteiger partial charge in [-0.2, -0.15) is 4.31 Å². The van der Waals surface area contributed by atoms with Gasteiger partial charge in [-0.25, -0.2) is 8.42 Å². The molecule has 34 heavy (non-hydrogen) atoms. The molecule has 1 saturated heterocycles. The second-order valence-electron chi connectivity index (χ2n) is 9.18. The highest BCUT2D eigenvalue weighted by Crippen LogP contribution is 2.30. The van der Waals surface area contributed by atoms with Gasteiger partial charge < -0.3 is 5.32 Å². The molecule has 0 unspecified atom stereocenters. The summed E-state index contributed by atoms with van der Waals surface area (Å²) < 4.78 is 27.9. The fourth-order valence-corrected chi connectivity index (χ4v) is 6.67. The van der Waals surface area contributed by atoms with E-state index < -0.39 is 33.8 Å². The fraction of sp³-hybridized carbons (Fsp3) is 0.400. The third-order valence-electron chi connectivity index (χ3n) is 6.65. The van der Waals surface area contributed by atoms with Crippen molar-refractivity contribution in [1.82, 2.24) is 9.21 Å². The molecule has 4 rings (SSSR count). The van der Waals surface area contributed by atoms with Crippen LogP contribution in [-0.4, -0.2) is 53.5 Å². The number of carbonyl (C=O) groups excluding carboxylic acids is 3. The van der Waals surface area contributed by atoms with Gasteiger partial charge in [-0.15, -0.1) is 0 Å². The molecule has 2 aliphatic heterocycles. The number of aryl methyl sites for hydroxylation is 1. The summed E-state index contributed by atoms with van der Waals surface area (Å²) in [6.07, 6.45) is 2.66. The maximum Gasteiger partial charge on any atom is 0.262 e. The van der Waals surface area contributed by atoms with Gasteiger partial charge in [0.1, 0.15) is 6.04 Å². The van der Waals surface area contributed by atoms with Crippen molar-refractivity contribution >= 4 is 33.4 Å². The number of fused-ring (bicyclic) bond motifs is 1. The molecule has 3 atom stereocenters. The molecule has 0 aliphatic carbocycles. The lowest BCUT2D eigenvalue weighted by Crippen LogP contribution is -2.47. The zero-order chi connectivity index (χ0) is 24.8. The summed E-state index contributed by atoms with van der Waals surface area (Å²) >= 11 is 0. The van der Waals surface area contributed by atoms with Crippen LogP contribution >= 0.6 is 0 Å². The first-order valence-corrected chi connectivity index (χ1v) is 12.9. The molecular formula is C25H29N3O5S. The van der Waals surface area contributed by atoms with Gasteiger partial charge >= 0.3 is 0 Å². The fourth-order valence-electron chi connectivity index (χ4n) is 4.79. The lowest BCUT2D eigenvalue weighted by atomic mass is 10.0. The van der Waals surface area contributed by atoms with Crippen molar-refractivity contribution < 1.29 is 22.8 Å².